The highest BCUT2D eigenvalue weighted by atomic mass is 32.2. The van der Waals surface area contributed by atoms with Crippen LogP contribution in [-0.2, 0) is 27.1 Å². The van der Waals surface area contributed by atoms with Crippen molar-refractivity contribution in [2.75, 3.05) is 10.2 Å². The fraction of sp³-hybridized carbons (Fsp3) is 0.200. The number of hydrogen-bond acceptors (Lipinski definition) is 6. The van der Waals surface area contributed by atoms with Crippen LogP contribution in [0, 0.1) is 12.8 Å². The molecule has 1 aromatic heterocycles. The number of thioether (sulfide) groups is 1. The summed E-state index contributed by atoms with van der Waals surface area (Å²) in [5.41, 5.74) is 1.20. The maximum absolute atomic E-state index is 13.9. The van der Waals surface area contributed by atoms with Gasteiger partial charge in [0, 0.05) is 16.5 Å². The summed E-state index contributed by atoms with van der Waals surface area (Å²) in [4.78, 5) is 55.1. The molecule has 3 amide bonds. The topological polar surface area (TPSA) is 88.5 Å². The molecule has 3 heterocycles. The molecule has 6 rings (SSSR count). The summed E-state index contributed by atoms with van der Waals surface area (Å²) in [5.74, 6) is -2.86. The zero-order valence-corrected chi connectivity index (χ0v) is 23.6. The van der Waals surface area contributed by atoms with Gasteiger partial charge in [-0.05, 0) is 42.8 Å². The normalized spacial score (nSPS) is 19.9. The van der Waals surface area contributed by atoms with Gasteiger partial charge in [0.25, 0.3) is 0 Å². The van der Waals surface area contributed by atoms with Gasteiger partial charge < -0.3 is 5.32 Å². The minimum Gasteiger partial charge on any atom is -0.325 e. The fourth-order valence-corrected chi connectivity index (χ4v) is 8.11. The predicted molar refractivity (Wildman–Crippen MR) is 154 cm³/mol. The van der Waals surface area contributed by atoms with Gasteiger partial charge in [-0.3, -0.25) is 23.7 Å². The molecular formula is C30H22F3N3O4S2. The molecule has 7 nitrogen and oxygen atoms in total. The van der Waals surface area contributed by atoms with E-state index in [-0.39, 0.29) is 11.6 Å². The highest BCUT2D eigenvalue weighted by Gasteiger charge is 2.56. The zero-order valence-electron chi connectivity index (χ0n) is 21.9. The van der Waals surface area contributed by atoms with Crippen LogP contribution in [0.2, 0.25) is 0 Å². The number of rotatable bonds is 5. The molecule has 1 saturated heterocycles. The molecule has 0 aliphatic carbocycles. The molecule has 3 aromatic carbocycles. The second-order valence-corrected chi connectivity index (χ2v) is 12.2. The van der Waals surface area contributed by atoms with Crippen molar-refractivity contribution >= 4 is 52.2 Å². The Morgan fingerprint density at radius 2 is 1.64 bits per heavy atom. The summed E-state index contributed by atoms with van der Waals surface area (Å²) in [6.45, 7) is 1.43. The lowest BCUT2D eigenvalue weighted by molar-refractivity contribution is -0.137. The number of fused-ring (bicyclic) bond motifs is 2. The largest absolute Gasteiger partial charge is 0.416 e. The summed E-state index contributed by atoms with van der Waals surface area (Å²) in [5, 5.41) is 1.98. The molecule has 2 aliphatic rings. The van der Waals surface area contributed by atoms with Crippen molar-refractivity contribution in [3.05, 3.63) is 110 Å². The maximum atomic E-state index is 13.9. The van der Waals surface area contributed by atoms with Gasteiger partial charge in [-0.1, -0.05) is 77.2 Å². The standard InChI is InChI=1S/C30H22F3N3O4S2/c1-16-10-12-20(13-11-16)36-26(38)23-22(17-6-3-2-4-7-17)25-28(41-24(23)27(36)39)35(29(40)42-25)15-21(37)34-19-9-5-8-18(14-19)30(31,32)33/h2-14,22-24H,15H2,1H3,(H,34,37)/t22-,23-,24+/m0/s1. The third-order valence-electron chi connectivity index (χ3n) is 7.28. The Labute approximate surface area is 246 Å². The van der Waals surface area contributed by atoms with Crippen molar-refractivity contribution < 1.29 is 27.6 Å². The first kappa shape index (κ1) is 28.0. The molecule has 1 N–H and O–H groups in total. The Bertz CT molecular complexity index is 1770. The van der Waals surface area contributed by atoms with Crippen LogP contribution in [0.15, 0.2) is 88.7 Å². The molecule has 0 bridgehead atoms. The SMILES string of the molecule is Cc1ccc(N2C(=O)[C@H]3[C@H](c4ccccc4)c4sc(=O)n(CC(=O)Nc5cccc(C(F)(F)F)c5)c4S[C@H]3C2=O)cc1. The molecule has 2 aliphatic heterocycles. The monoisotopic (exact) mass is 609 g/mol. The van der Waals surface area contributed by atoms with E-state index in [0.29, 0.717) is 15.6 Å². The third-order valence-corrected chi connectivity index (χ3v) is 9.88. The maximum Gasteiger partial charge on any atom is 0.416 e. The van der Waals surface area contributed by atoms with Crippen molar-refractivity contribution in [1.29, 1.82) is 0 Å². The van der Waals surface area contributed by atoms with Gasteiger partial charge in [0.1, 0.15) is 11.8 Å². The average molecular weight is 610 g/mol. The first-order chi connectivity index (χ1) is 20.0. The number of nitrogens with one attached hydrogen (secondary N) is 1. The minimum atomic E-state index is -4.58. The number of thiazole rings is 1. The van der Waals surface area contributed by atoms with Crippen molar-refractivity contribution in [3.63, 3.8) is 0 Å². The summed E-state index contributed by atoms with van der Waals surface area (Å²) in [6.07, 6.45) is -4.58. The van der Waals surface area contributed by atoms with E-state index in [1.807, 2.05) is 49.4 Å². The van der Waals surface area contributed by atoms with E-state index in [2.05, 4.69) is 5.32 Å². The minimum absolute atomic E-state index is 0.0628. The van der Waals surface area contributed by atoms with Gasteiger partial charge in [0.15, 0.2) is 0 Å². The Hall–Kier alpha value is -4.16. The third kappa shape index (κ3) is 4.94. The molecule has 0 saturated carbocycles. The molecule has 0 spiro atoms. The fourth-order valence-electron chi connectivity index (χ4n) is 5.34. The molecule has 3 atom stereocenters. The average Bonchev–Trinajstić information content (AvgIpc) is 3.40. The number of aromatic nitrogens is 1. The highest BCUT2D eigenvalue weighted by Crippen LogP contribution is 2.53. The quantitative estimate of drug-likeness (QED) is 0.295. The number of carbonyl (C=O) groups is 3. The summed E-state index contributed by atoms with van der Waals surface area (Å²) in [6, 6.07) is 20.4. The number of imide groups is 1. The van der Waals surface area contributed by atoms with E-state index >= 15 is 0 Å². The van der Waals surface area contributed by atoms with Crippen molar-refractivity contribution in [2.24, 2.45) is 5.92 Å². The van der Waals surface area contributed by atoms with Gasteiger partial charge >= 0.3 is 11.0 Å². The second-order valence-electron chi connectivity index (χ2n) is 10.1. The van der Waals surface area contributed by atoms with Gasteiger partial charge in [-0.25, -0.2) is 4.90 Å². The van der Waals surface area contributed by atoms with Crippen LogP contribution in [0.25, 0.3) is 0 Å². The number of anilines is 2. The van der Waals surface area contributed by atoms with Gasteiger partial charge in [-0.2, -0.15) is 13.2 Å². The molecule has 4 aromatic rings. The molecule has 0 unspecified atom stereocenters. The van der Waals surface area contributed by atoms with Gasteiger partial charge in [-0.15, -0.1) is 0 Å². The van der Waals surface area contributed by atoms with Gasteiger partial charge in [0.2, 0.25) is 17.7 Å². The zero-order chi connectivity index (χ0) is 29.8. The number of nitrogens with zero attached hydrogens (tertiary/aromatic N) is 2. The number of amides is 3. The predicted octanol–water partition coefficient (Wildman–Crippen LogP) is 5.67. The number of alkyl halides is 3. The molecule has 42 heavy (non-hydrogen) atoms. The Morgan fingerprint density at radius 1 is 0.929 bits per heavy atom. The van der Waals surface area contributed by atoms with E-state index in [1.54, 1.807) is 12.1 Å². The first-order valence-electron chi connectivity index (χ1n) is 12.9. The van der Waals surface area contributed by atoms with E-state index in [9.17, 15) is 32.3 Å². The van der Waals surface area contributed by atoms with Crippen LogP contribution in [0.4, 0.5) is 24.5 Å². The van der Waals surface area contributed by atoms with Crippen LogP contribution in [0.1, 0.15) is 27.5 Å². The van der Waals surface area contributed by atoms with Crippen LogP contribution in [0.3, 0.4) is 0 Å². The van der Waals surface area contributed by atoms with Crippen LogP contribution in [-0.4, -0.2) is 27.5 Å². The van der Waals surface area contributed by atoms with E-state index < -0.39 is 52.1 Å². The smallest absolute Gasteiger partial charge is 0.325 e. The summed E-state index contributed by atoms with van der Waals surface area (Å²) in [7, 11) is 0. The molecule has 214 valence electrons. The van der Waals surface area contributed by atoms with Gasteiger partial charge in [0.05, 0.1) is 22.2 Å². The lowest BCUT2D eigenvalue weighted by atomic mass is 9.83. The second kappa shape index (κ2) is 10.6. The molecule has 1 fully saturated rings. The molecule has 12 heteroatoms. The summed E-state index contributed by atoms with van der Waals surface area (Å²) < 4.78 is 40.6. The van der Waals surface area contributed by atoms with Crippen LogP contribution in [0.5, 0.6) is 0 Å². The van der Waals surface area contributed by atoms with E-state index in [0.717, 1.165) is 46.4 Å². The number of carbonyl (C=O) groups excluding carboxylic acids is 3. The van der Waals surface area contributed by atoms with Crippen molar-refractivity contribution in [2.45, 2.75) is 35.8 Å². The van der Waals surface area contributed by atoms with Crippen molar-refractivity contribution in [3.8, 4) is 0 Å². The Kier molecular flexibility index (Phi) is 7.06. The Balaban J connectivity index is 1.36. The van der Waals surface area contributed by atoms with E-state index in [1.165, 1.54) is 21.6 Å². The number of benzene rings is 3. The number of halogens is 3. The first-order valence-corrected chi connectivity index (χ1v) is 14.6. The number of aryl methyl sites for hydroxylation is 1. The number of hydrogen-bond donors (Lipinski definition) is 1. The van der Waals surface area contributed by atoms with Crippen LogP contribution >= 0.6 is 23.1 Å². The van der Waals surface area contributed by atoms with Crippen molar-refractivity contribution in [1.82, 2.24) is 4.57 Å². The lowest BCUT2D eigenvalue weighted by Crippen LogP contribution is -2.33. The van der Waals surface area contributed by atoms with E-state index in [4.69, 9.17) is 0 Å². The molecular weight excluding hydrogens is 587 g/mol. The van der Waals surface area contributed by atoms with Crippen LogP contribution < -0.4 is 15.1 Å². The molecule has 0 radical (unpaired) electrons. The summed E-state index contributed by atoms with van der Waals surface area (Å²) >= 11 is 1.97. The Morgan fingerprint density at radius 3 is 2.33 bits per heavy atom. The lowest BCUT2D eigenvalue weighted by Gasteiger charge is -2.30. The highest BCUT2D eigenvalue weighted by molar-refractivity contribution is 8.00.